The second kappa shape index (κ2) is 5.58. The Morgan fingerprint density at radius 3 is 2.47 bits per heavy atom. The molecule has 1 amide bonds. The van der Waals surface area contributed by atoms with Gasteiger partial charge in [-0.3, -0.25) is 9.69 Å². The third kappa shape index (κ3) is 2.63. The number of hydrogen-bond donors (Lipinski definition) is 1. The normalized spacial score (nSPS) is 33.9. The molecule has 2 heterocycles. The summed E-state index contributed by atoms with van der Waals surface area (Å²) in [5.74, 6) is 0.223. The van der Waals surface area contributed by atoms with Crippen molar-refractivity contribution in [2.45, 2.75) is 62.6 Å². The van der Waals surface area contributed by atoms with Crippen molar-refractivity contribution in [3.05, 3.63) is 0 Å². The molecule has 5 heteroatoms. The minimum Gasteiger partial charge on any atom is -0.339 e. The van der Waals surface area contributed by atoms with E-state index in [1.807, 2.05) is 0 Å². The Hall–Kier alpha value is -0.320. The van der Waals surface area contributed by atoms with Gasteiger partial charge in [0.25, 0.3) is 0 Å². The van der Waals surface area contributed by atoms with Crippen molar-refractivity contribution >= 4 is 18.3 Å². The molecule has 2 aliphatic heterocycles. The fourth-order valence-corrected chi connectivity index (χ4v) is 4.03. The number of halogens is 1. The van der Waals surface area contributed by atoms with Gasteiger partial charge in [0.2, 0.25) is 5.91 Å². The molecule has 0 aromatic carbocycles. The first-order chi connectivity index (χ1) is 8.60. The number of rotatable bonds is 1. The van der Waals surface area contributed by atoms with Gasteiger partial charge < -0.3 is 10.6 Å². The van der Waals surface area contributed by atoms with E-state index in [0.29, 0.717) is 12.1 Å². The number of carbonyl (C=O) groups excluding carboxylic acids is 1. The highest BCUT2D eigenvalue weighted by atomic mass is 35.5. The van der Waals surface area contributed by atoms with Crippen LogP contribution in [0.3, 0.4) is 0 Å². The van der Waals surface area contributed by atoms with E-state index < -0.39 is 5.54 Å². The molecule has 4 nitrogen and oxygen atoms in total. The fourth-order valence-electron chi connectivity index (χ4n) is 4.03. The van der Waals surface area contributed by atoms with E-state index in [2.05, 4.69) is 16.8 Å². The maximum absolute atomic E-state index is 12.6. The lowest BCUT2D eigenvalue weighted by molar-refractivity contribution is -0.137. The predicted molar refractivity (Wildman–Crippen MR) is 78.4 cm³/mol. The van der Waals surface area contributed by atoms with Crippen LogP contribution < -0.4 is 5.73 Å². The molecular weight excluding hydrogens is 262 g/mol. The molecule has 3 aliphatic rings. The lowest BCUT2D eigenvalue weighted by atomic mass is 9.96. The molecule has 2 saturated heterocycles. The number of amides is 1. The van der Waals surface area contributed by atoms with Crippen molar-refractivity contribution in [1.82, 2.24) is 9.80 Å². The van der Waals surface area contributed by atoms with Crippen molar-refractivity contribution < 1.29 is 4.79 Å². The first-order valence-corrected chi connectivity index (χ1v) is 7.40. The van der Waals surface area contributed by atoms with Crippen molar-refractivity contribution in [3.8, 4) is 0 Å². The van der Waals surface area contributed by atoms with E-state index >= 15 is 0 Å². The van der Waals surface area contributed by atoms with Gasteiger partial charge in [-0.2, -0.15) is 0 Å². The number of fused-ring (bicyclic) bond motifs is 2. The van der Waals surface area contributed by atoms with Crippen LogP contribution in [-0.2, 0) is 4.79 Å². The van der Waals surface area contributed by atoms with E-state index in [4.69, 9.17) is 5.73 Å². The van der Waals surface area contributed by atoms with Crippen LogP contribution in [-0.4, -0.2) is 53.5 Å². The van der Waals surface area contributed by atoms with E-state index in [1.165, 1.54) is 12.8 Å². The summed E-state index contributed by atoms with van der Waals surface area (Å²) in [6, 6.07) is 1.25. The van der Waals surface area contributed by atoms with Gasteiger partial charge in [-0.25, -0.2) is 0 Å². The Balaban J connectivity index is 0.00000133. The van der Waals surface area contributed by atoms with E-state index in [9.17, 15) is 4.79 Å². The van der Waals surface area contributed by atoms with Crippen molar-refractivity contribution in [2.75, 3.05) is 20.1 Å². The minimum absolute atomic E-state index is 0. The van der Waals surface area contributed by atoms with Crippen LogP contribution in [0.4, 0.5) is 0 Å². The molecule has 0 aromatic heterocycles. The van der Waals surface area contributed by atoms with Gasteiger partial charge in [0.05, 0.1) is 5.54 Å². The Kier molecular flexibility index (Phi) is 4.43. The van der Waals surface area contributed by atoms with Crippen molar-refractivity contribution in [1.29, 1.82) is 0 Å². The summed E-state index contributed by atoms with van der Waals surface area (Å²) in [4.78, 5) is 17.2. The molecule has 3 fully saturated rings. The minimum atomic E-state index is -0.540. The Morgan fingerprint density at radius 2 is 1.79 bits per heavy atom. The zero-order chi connectivity index (χ0) is 12.8. The lowest BCUT2D eigenvalue weighted by Gasteiger charge is -2.32. The summed E-state index contributed by atoms with van der Waals surface area (Å²) in [7, 11) is 2.21. The summed E-state index contributed by atoms with van der Waals surface area (Å²) in [6.07, 6.45) is 7.65. The maximum Gasteiger partial charge on any atom is 0.242 e. The van der Waals surface area contributed by atoms with Crippen LogP contribution >= 0.6 is 12.4 Å². The van der Waals surface area contributed by atoms with Crippen LogP contribution in [0.25, 0.3) is 0 Å². The number of nitrogens with zero attached hydrogens (tertiary/aromatic N) is 2. The second-order valence-electron chi connectivity index (χ2n) is 6.45. The number of carbonyl (C=O) groups is 1. The third-order valence-electron chi connectivity index (χ3n) is 5.36. The SMILES string of the molecule is CN1C2CCC1CN(C(=O)C1(N)CCCC1)CC2.Cl. The monoisotopic (exact) mass is 287 g/mol. The summed E-state index contributed by atoms with van der Waals surface area (Å²) in [5.41, 5.74) is 5.77. The molecule has 3 rings (SSSR count). The third-order valence-corrected chi connectivity index (χ3v) is 5.36. The van der Waals surface area contributed by atoms with Gasteiger partial charge in [0.1, 0.15) is 0 Å². The van der Waals surface area contributed by atoms with Crippen molar-refractivity contribution in [2.24, 2.45) is 5.73 Å². The molecule has 2 bridgehead atoms. The standard InChI is InChI=1S/C14H25N3O.ClH/c1-16-11-4-5-12(16)10-17(9-6-11)13(18)14(15)7-2-3-8-14;/h11-12H,2-10,15H2,1H3;1H. The highest BCUT2D eigenvalue weighted by Gasteiger charge is 2.43. The van der Waals surface area contributed by atoms with Gasteiger partial charge in [0.15, 0.2) is 0 Å². The molecule has 0 spiro atoms. The summed E-state index contributed by atoms with van der Waals surface area (Å²) in [6.45, 7) is 1.80. The Morgan fingerprint density at radius 1 is 1.16 bits per heavy atom. The van der Waals surface area contributed by atoms with E-state index in [0.717, 1.165) is 45.2 Å². The lowest BCUT2D eigenvalue weighted by Crippen LogP contribution is -2.55. The maximum atomic E-state index is 12.6. The van der Waals surface area contributed by atoms with Gasteiger partial charge in [-0.1, -0.05) is 12.8 Å². The molecule has 0 radical (unpaired) electrons. The van der Waals surface area contributed by atoms with Gasteiger partial charge in [0, 0.05) is 25.2 Å². The van der Waals surface area contributed by atoms with Crippen LogP contribution in [0.15, 0.2) is 0 Å². The number of likely N-dealkylation sites (tertiary alicyclic amines) is 1. The zero-order valence-electron chi connectivity index (χ0n) is 11.8. The molecule has 2 unspecified atom stereocenters. The molecule has 1 aliphatic carbocycles. The van der Waals surface area contributed by atoms with Crippen LogP contribution in [0.1, 0.15) is 44.9 Å². The van der Waals surface area contributed by atoms with Crippen LogP contribution in [0.5, 0.6) is 0 Å². The van der Waals surface area contributed by atoms with Gasteiger partial charge in [-0.05, 0) is 39.2 Å². The van der Waals surface area contributed by atoms with Crippen LogP contribution in [0.2, 0.25) is 0 Å². The molecule has 19 heavy (non-hydrogen) atoms. The summed E-state index contributed by atoms with van der Waals surface area (Å²) >= 11 is 0. The smallest absolute Gasteiger partial charge is 0.242 e. The number of hydrogen-bond acceptors (Lipinski definition) is 3. The first kappa shape index (κ1) is 15.1. The molecule has 0 aromatic rings. The van der Waals surface area contributed by atoms with Gasteiger partial charge in [-0.15, -0.1) is 12.4 Å². The number of nitrogens with two attached hydrogens (primary N) is 1. The molecule has 1 saturated carbocycles. The predicted octanol–water partition coefficient (Wildman–Crippen LogP) is 1.37. The largest absolute Gasteiger partial charge is 0.339 e. The topological polar surface area (TPSA) is 49.6 Å². The summed E-state index contributed by atoms with van der Waals surface area (Å²) < 4.78 is 0. The van der Waals surface area contributed by atoms with Crippen molar-refractivity contribution in [3.63, 3.8) is 0 Å². The highest BCUT2D eigenvalue weighted by Crippen LogP contribution is 2.32. The molecule has 2 N–H and O–H groups in total. The fraction of sp³-hybridized carbons (Fsp3) is 0.929. The van der Waals surface area contributed by atoms with Gasteiger partial charge >= 0.3 is 0 Å². The van der Waals surface area contributed by atoms with E-state index in [-0.39, 0.29) is 18.3 Å². The highest BCUT2D eigenvalue weighted by molar-refractivity contribution is 5.86. The molecular formula is C14H26ClN3O. The Labute approximate surface area is 122 Å². The number of likely N-dealkylation sites (N-methyl/N-ethyl adjacent to an activating group) is 1. The van der Waals surface area contributed by atoms with E-state index in [1.54, 1.807) is 0 Å². The molecule has 2 atom stereocenters. The second-order valence-corrected chi connectivity index (χ2v) is 6.45. The average molecular weight is 288 g/mol. The quantitative estimate of drug-likeness (QED) is 0.793. The average Bonchev–Trinajstić information content (AvgIpc) is 2.85. The summed E-state index contributed by atoms with van der Waals surface area (Å²) in [5, 5.41) is 0. The molecule has 110 valence electrons. The Bertz CT molecular complexity index is 344. The zero-order valence-corrected chi connectivity index (χ0v) is 12.6. The van der Waals surface area contributed by atoms with Crippen LogP contribution in [0, 0.1) is 0 Å². The first-order valence-electron chi connectivity index (χ1n) is 7.40.